The molecule has 4 unspecified atom stereocenters. The van der Waals surface area contributed by atoms with Crippen molar-refractivity contribution in [3.8, 4) is 0 Å². The largest absolute Gasteiger partial charge is 0.338 e. The van der Waals surface area contributed by atoms with Crippen LogP contribution in [0.2, 0.25) is 0 Å². The second-order valence-electron chi connectivity index (χ2n) is 8.29. The zero-order valence-electron chi connectivity index (χ0n) is 15.4. The van der Waals surface area contributed by atoms with Crippen molar-refractivity contribution < 1.29 is 14.2 Å². The van der Waals surface area contributed by atoms with Crippen LogP contribution in [0.5, 0.6) is 0 Å². The van der Waals surface area contributed by atoms with Crippen LogP contribution in [0.3, 0.4) is 0 Å². The normalized spacial score (nSPS) is 50.6. The molecule has 0 N–H and O–H groups in total. The number of hydrogen-bond acceptors (Lipinski definition) is 3. The second-order valence-corrected chi connectivity index (χ2v) is 11.9. The van der Waals surface area contributed by atoms with E-state index >= 15 is 0 Å². The summed E-state index contributed by atoms with van der Waals surface area (Å²) in [7, 11) is -0.415. The molecule has 0 spiro atoms. The van der Waals surface area contributed by atoms with Crippen LogP contribution in [-0.4, -0.2) is 27.4 Å². The van der Waals surface area contributed by atoms with E-state index in [1.165, 1.54) is 0 Å². The molecular formula is C18H33O3P. The molecule has 0 amide bonds. The summed E-state index contributed by atoms with van der Waals surface area (Å²) in [6.45, 7) is 16.1. The minimum Gasteiger partial charge on any atom is -0.338 e. The smallest absolute Gasteiger partial charge is 0.175 e. The molecule has 4 bridgehead atoms. The van der Waals surface area contributed by atoms with Crippen molar-refractivity contribution >= 4 is 7.92 Å². The molecule has 4 fully saturated rings. The van der Waals surface area contributed by atoms with Crippen molar-refractivity contribution in [3.63, 3.8) is 0 Å². The highest BCUT2D eigenvalue weighted by atomic mass is 31.1. The lowest BCUT2D eigenvalue weighted by atomic mass is 9.90. The van der Waals surface area contributed by atoms with Crippen molar-refractivity contribution in [1.82, 2.24) is 0 Å². The van der Waals surface area contributed by atoms with Gasteiger partial charge in [0.2, 0.25) is 0 Å². The lowest BCUT2D eigenvalue weighted by Gasteiger charge is -2.74. The summed E-state index contributed by atoms with van der Waals surface area (Å²) in [5, 5.41) is 0.118. The van der Waals surface area contributed by atoms with E-state index in [0.717, 1.165) is 38.5 Å². The Morgan fingerprint density at radius 3 is 1.41 bits per heavy atom. The number of ether oxygens (including phenoxy) is 3. The topological polar surface area (TPSA) is 27.7 Å². The molecule has 4 heterocycles. The molecule has 4 heteroatoms. The highest BCUT2D eigenvalue weighted by Gasteiger charge is 2.75. The third-order valence-electron chi connectivity index (χ3n) is 5.88. The zero-order chi connectivity index (χ0) is 16.4. The molecule has 128 valence electrons. The van der Waals surface area contributed by atoms with Crippen molar-refractivity contribution in [2.75, 3.05) is 0 Å². The van der Waals surface area contributed by atoms with E-state index in [2.05, 4.69) is 48.5 Å². The van der Waals surface area contributed by atoms with Gasteiger partial charge in [0.05, 0.1) is 10.7 Å². The predicted molar refractivity (Wildman–Crippen MR) is 91.3 cm³/mol. The van der Waals surface area contributed by atoms with Gasteiger partial charge >= 0.3 is 0 Å². The van der Waals surface area contributed by atoms with E-state index in [4.69, 9.17) is 14.2 Å². The lowest BCUT2D eigenvalue weighted by molar-refractivity contribution is -0.484. The van der Waals surface area contributed by atoms with Gasteiger partial charge in [0.1, 0.15) is 0 Å². The Kier molecular flexibility index (Phi) is 3.83. The molecule has 4 aliphatic rings. The first-order valence-electron chi connectivity index (χ1n) is 9.05. The first-order chi connectivity index (χ1) is 10.1. The van der Waals surface area contributed by atoms with E-state index in [-0.39, 0.29) is 15.8 Å². The summed E-state index contributed by atoms with van der Waals surface area (Å²) in [5.41, 5.74) is 0. The molecule has 4 rings (SSSR count). The maximum absolute atomic E-state index is 6.82. The first-order valence-corrected chi connectivity index (χ1v) is 10.4. The summed E-state index contributed by atoms with van der Waals surface area (Å²) >= 11 is 0. The molecule has 4 saturated heterocycles. The van der Waals surface area contributed by atoms with Crippen LogP contribution in [0.25, 0.3) is 0 Å². The molecule has 4 aliphatic heterocycles. The zero-order valence-corrected chi connectivity index (χ0v) is 16.3. The Hall–Kier alpha value is 0.310. The van der Waals surface area contributed by atoms with Gasteiger partial charge in [0, 0.05) is 12.8 Å². The molecule has 22 heavy (non-hydrogen) atoms. The van der Waals surface area contributed by atoms with Crippen molar-refractivity contribution in [3.05, 3.63) is 0 Å². The summed E-state index contributed by atoms with van der Waals surface area (Å²) < 4.78 is 20.1. The third-order valence-corrected chi connectivity index (χ3v) is 9.99. The van der Waals surface area contributed by atoms with E-state index in [1.807, 2.05) is 0 Å². The fourth-order valence-electron chi connectivity index (χ4n) is 5.22. The van der Waals surface area contributed by atoms with Crippen LogP contribution < -0.4 is 0 Å². The quantitative estimate of drug-likeness (QED) is 0.632. The molecule has 0 aromatic carbocycles. The molecule has 4 atom stereocenters. The summed E-state index contributed by atoms with van der Waals surface area (Å²) in [5.74, 6) is -0.856. The Balaban J connectivity index is 2.19. The minimum absolute atomic E-state index is 0.0512. The molecule has 3 nitrogen and oxygen atoms in total. The third kappa shape index (κ3) is 2.08. The van der Waals surface area contributed by atoms with Crippen LogP contribution in [0.4, 0.5) is 0 Å². The van der Waals surface area contributed by atoms with Gasteiger partial charge in [-0.1, -0.05) is 48.5 Å². The molecule has 0 radical (unpaired) electrons. The maximum atomic E-state index is 6.82. The van der Waals surface area contributed by atoms with Gasteiger partial charge in [0.25, 0.3) is 0 Å². The van der Waals surface area contributed by atoms with Gasteiger partial charge < -0.3 is 14.2 Å². The average Bonchev–Trinajstić information content (AvgIpc) is 2.44. The van der Waals surface area contributed by atoms with Crippen LogP contribution in [0.15, 0.2) is 0 Å². The standard InChI is InChI=1S/C18H33O3P/c1-8-15-12-17(10-3)21-16(9-2,19-15)13-18(11-4,20-15)22(17)14(5,6)7/h8-13H2,1-7H3. The Bertz CT molecular complexity index is 408. The van der Waals surface area contributed by atoms with E-state index in [0.29, 0.717) is 0 Å². The van der Waals surface area contributed by atoms with E-state index < -0.39 is 19.5 Å². The number of rotatable bonds is 4. The van der Waals surface area contributed by atoms with Crippen LogP contribution in [0, 0.1) is 0 Å². The maximum Gasteiger partial charge on any atom is 0.175 e. The SMILES string of the molecule is CCC12CC3(CC)OC(CC)(CC(CC)(O1)P3C(C)(C)C)O2. The molecule has 0 aromatic rings. The van der Waals surface area contributed by atoms with Gasteiger partial charge in [-0.15, -0.1) is 0 Å². The molecule has 0 aliphatic carbocycles. The molecule has 0 saturated carbocycles. The summed E-state index contributed by atoms with van der Waals surface area (Å²) in [4.78, 5) is 0. The Morgan fingerprint density at radius 2 is 1.14 bits per heavy atom. The van der Waals surface area contributed by atoms with Gasteiger partial charge in [-0.05, 0) is 38.8 Å². The minimum atomic E-state index is -0.428. The van der Waals surface area contributed by atoms with Crippen molar-refractivity contribution in [2.24, 2.45) is 0 Å². The fraction of sp³-hybridized carbons (Fsp3) is 1.00. The van der Waals surface area contributed by atoms with Crippen molar-refractivity contribution in [2.45, 2.75) is 114 Å². The molecular weight excluding hydrogens is 295 g/mol. The van der Waals surface area contributed by atoms with Crippen molar-refractivity contribution in [1.29, 1.82) is 0 Å². The van der Waals surface area contributed by atoms with Gasteiger partial charge in [-0.25, -0.2) is 0 Å². The van der Waals surface area contributed by atoms with E-state index in [9.17, 15) is 0 Å². The van der Waals surface area contributed by atoms with Gasteiger partial charge in [-0.2, -0.15) is 0 Å². The summed E-state index contributed by atoms with van der Waals surface area (Å²) in [6.07, 6.45) is 5.75. The Labute approximate surface area is 137 Å². The number of hydrogen-bond donors (Lipinski definition) is 0. The Morgan fingerprint density at radius 1 is 0.727 bits per heavy atom. The highest BCUT2D eigenvalue weighted by molar-refractivity contribution is 7.62. The van der Waals surface area contributed by atoms with E-state index in [1.54, 1.807) is 0 Å². The fourth-order valence-corrected chi connectivity index (χ4v) is 10.4. The first kappa shape index (κ1) is 17.1. The lowest BCUT2D eigenvalue weighted by Crippen LogP contribution is -2.75. The van der Waals surface area contributed by atoms with Crippen LogP contribution in [0.1, 0.15) is 87.0 Å². The van der Waals surface area contributed by atoms with Crippen LogP contribution >= 0.6 is 7.92 Å². The second kappa shape index (κ2) is 4.91. The van der Waals surface area contributed by atoms with Gasteiger partial charge in [0.15, 0.2) is 11.6 Å². The predicted octanol–water partition coefficient (Wildman–Crippen LogP) is 5.56. The average molecular weight is 328 g/mol. The monoisotopic (exact) mass is 328 g/mol. The summed E-state index contributed by atoms with van der Waals surface area (Å²) in [6, 6.07) is 0. The van der Waals surface area contributed by atoms with Gasteiger partial charge in [-0.3, -0.25) is 0 Å². The highest BCUT2D eigenvalue weighted by Crippen LogP contribution is 2.82. The van der Waals surface area contributed by atoms with Crippen LogP contribution in [-0.2, 0) is 14.2 Å². The molecule has 0 aromatic heterocycles.